The fourth-order valence-corrected chi connectivity index (χ4v) is 4.51. The molecule has 4 aromatic rings. The predicted octanol–water partition coefficient (Wildman–Crippen LogP) is 7.79. The Morgan fingerprint density at radius 3 is 2.53 bits per heavy atom. The Labute approximate surface area is 203 Å². The molecule has 0 saturated carbocycles. The average molecular weight is 535 g/mol. The molecule has 4 rings (SSSR count). The average Bonchev–Trinajstić information content (AvgIpc) is 2.78. The van der Waals surface area contributed by atoms with E-state index >= 15 is 0 Å². The Hall–Kier alpha value is -2.86. The maximum atomic E-state index is 6.29. The fraction of sp³-hybridized carbons (Fsp3) is 0.179. The second kappa shape index (κ2) is 10.2. The van der Waals surface area contributed by atoms with Crippen LogP contribution in [0.3, 0.4) is 0 Å². The second-order valence-corrected chi connectivity index (χ2v) is 8.90. The Morgan fingerprint density at radius 2 is 1.72 bits per heavy atom. The highest BCUT2D eigenvalue weighted by Crippen LogP contribution is 2.35. The molecule has 0 fully saturated rings. The third-order valence-corrected chi connectivity index (χ3v) is 6.09. The maximum Gasteiger partial charge on any atom is 0.175 e. The number of nitrogens with zero attached hydrogens (tertiary/aromatic N) is 1. The van der Waals surface area contributed by atoms with E-state index in [1.165, 1.54) is 16.3 Å². The van der Waals surface area contributed by atoms with Crippen LogP contribution >= 0.6 is 22.6 Å². The van der Waals surface area contributed by atoms with Gasteiger partial charge in [-0.3, -0.25) is 4.99 Å². The van der Waals surface area contributed by atoms with E-state index in [1.54, 1.807) is 0 Å². The second-order valence-electron chi connectivity index (χ2n) is 7.74. The third-order valence-electron chi connectivity index (χ3n) is 5.29. The number of aliphatic imine (C=N–C) groups is 1. The number of hydrogen-bond donors (Lipinski definition) is 0. The van der Waals surface area contributed by atoms with Crippen molar-refractivity contribution < 1.29 is 9.47 Å². The van der Waals surface area contributed by atoms with Gasteiger partial charge in [0.15, 0.2) is 11.5 Å². The SMILES string of the molecule is CCOc1cc(C=Nc2ccc(C)cc2C)cc(I)c1OCc1cccc2ccccc12. The zero-order chi connectivity index (χ0) is 22.5. The minimum absolute atomic E-state index is 0.480. The van der Waals surface area contributed by atoms with E-state index < -0.39 is 0 Å². The van der Waals surface area contributed by atoms with Crippen LogP contribution in [0.5, 0.6) is 11.5 Å². The summed E-state index contributed by atoms with van der Waals surface area (Å²) in [6.07, 6.45) is 1.89. The Balaban J connectivity index is 1.60. The van der Waals surface area contributed by atoms with Crippen LogP contribution in [0, 0.1) is 17.4 Å². The van der Waals surface area contributed by atoms with Crippen LogP contribution in [0.2, 0.25) is 0 Å². The summed E-state index contributed by atoms with van der Waals surface area (Å²) in [5, 5.41) is 2.42. The summed E-state index contributed by atoms with van der Waals surface area (Å²) in [6, 6.07) is 25.0. The summed E-state index contributed by atoms with van der Waals surface area (Å²) >= 11 is 2.31. The number of rotatable bonds is 7. The molecule has 4 aromatic carbocycles. The summed E-state index contributed by atoms with van der Waals surface area (Å²) in [6.45, 7) is 7.21. The van der Waals surface area contributed by atoms with Crippen LogP contribution in [-0.4, -0.2) is 12.8 Å². The molecule has 0 N–H and O–H groups in total. The van der Waals surface area contributed by atoms with Gasteiger partial charge in [-0.1, -0.05) is 60.2 Å². The zero-order valence-corrected chi connectivity index (χ0v) is 20.7. The van der Waals surface area contributed by atoms with Crippen LogP contribution in [0.1, 0.15) is 29.2 Å². The highest BCUT2D eigenvalue weighted by Gasteiger charge is 2.13. The summed E-state index contributed by atoms with van der Waals surface area (Å²) in [5.74, 6) is 1.51. The molecule has 0 saturated heterocycles. The molecule has 0 amide bonds. The van der Waals surface area contributed by atoms with Gasteiger partial charge in [-0.15, -0.1) is 0 Å². The molecule has 0 spiro atoms. The van der Waals surface area contributed by atoms with E-state index in [-0.39, 0.29) is 0 Å². The monoisotopic (exact) mass is 535 g/mol. The normalized spacial score (nSPS) is 11.2. The lowest BCUT2D eigenvalue weighted by Gasteiger charge is -2.15. The molecule has 0 aliphatic carbocycles. The lowest BCUT2D eigenvalue weighted by atomic mass is 10.1. The van der Waals surface area contributed by atoms with Gasteiger partial charge in [0, 0.05) is 6.21 Å². The largest absolute Gasteiger partial charge is 0.490 e. The molecule has 0 aromatic heterocycles. The van der Waals surface area contributed by atoms with Crippen molar-refractivity contribution >= 4 is 45.3 Å². The first-order valence-electron chi connectivity index (χ1n) is 10.7. The van der Waals surface area contributed by atoms with E-state index in [9.17, 15) is 0 Å². The standard InChI is InChI=1S/C28H26INO2/c1-4-31-27-16-21(17-30-26-13-12-19(2)14-20(26)3)15-25(29)28(27)32-18-23-10-7-9-22-8-5-6-11-24(22)23/h5-17H,4,18H2,1-3H3. The molecular weight excluding hydrogens is 509 g/mol. The van der Waals surface area contributed by atoms with E-state index in [0.717, 1.165) is 37.4 Å². The highest BCUT2D eigenvalue weighted by atomic mass is 127. The number of ether oxygens (including phenoxy) is 2. The minimum atomic E-state index is 0.480. The lowest BCUT2D eigenvalue weighted by Crippen LogP contribution is -2.03. The molecule has 0 bridgehead atoms. The summed E-state index contributed by atoms with van der Waals surface area (Å²) in [7, 11) is 0. The summed E-state index contributed by atoms with van der Waals surface area (Å²) in [4.78, 5) is 4.69. The topological polar surface area (TPSA) is 30.8 Å². The van der Waals surface area contributed by atoms with Gasteiger partial charge in [0.2, 0.25) is 0 Å². The van der Waals surface area contributed by atoms with Crippen LogP contribution in [-0.2, 0) is 6.61 Å². The van der Waals surface area contributed by atoms with Gasteiger partial charge in [0.05, 0.1) is 15.9 Å². The van der Waals surface area contributed by atoms with Crippen molar-refractivity contribution in [1.29, 1.82) is 0 Å². The zero-order valence-electron chi connectivity index (χ0n) is 18.6. The number of halogens is 1. The highest BCUT2D eigenvalue weighted by molar-refractivity contribution is 14.1. The van der Waals surface area contributed by atoms with E-state index in [1.807, 2.05) is 19.2 Å². The smallest absolute Gasteiger partial charge is 0.175 e. The van der Waals surface area contributed by atoms with Crippen molar-refractivity contribution in [1.82, 2.24) is 0 Å². The van der Waals surface area contributed by atoms with E-state index in [2.05, 4.69) is 103 Å². The van der Waals surface area contributed by atoms with Crippen LogP contribution in [0.15, 0.2) is 77.8 Å². The van der Waals surface area contributed by atoms with Crippen molar-refractivity contribution in [2.45, 2.75) is 27.4 Å². The van der Waals surface area contributed by atoms with Gasteiger partial charge in [0.25, 0.3) is 0 Å². The van der Waals surface area contributed by atoms with Gasteiger partial charge in [-0.25, -0.2) is 0 Å². The Bertz CT molecular complexity index is 1270. The quantitative estimate of drug-likeness (QED) is 0.179. The van der Waals surface area contributed by atoms with Crippen molar-refractivity contribution in [3.05, 3.63) is 98.6 Å². The molecule has 0 aliphatic rings. The van der Waals surface area contributed by atoms with Crippen molar-refractivity contribution in [2.24, 2.45) is 4.99 Å². The molecule has 3 nitrogen and oxygen atoms in total. The van der Waals surface area contributed by atoms with Gasteiger partial charge in [-0.2, -0.15) is 0 Å². The van der Waals surface area contributed by atoms with Gasteiger partial charge >= 0.3 is 0 Å². The van der Waals surface area contributed by atoms with Crippen LogP contribution in [0.4, 0.5) is 5.69 Å². The first-order valence-corrected chi connectivity index (χ1v) is 11.8. The number of benzene rings is 4. The Kier molecular flexibility index (Phi) is 7.10. The van der Waals surface area contributed by atoms with Crippen LogP contribution in [0.25, 0.3) is 10.8 Å². The van der Waals surface area contributed by atoms with Gasteiger partial charge in [0.1, 0.15) is 6.61 Å². The summed E-state index contributed by atoms with van der Waals surface area (Å²) < 4.78 is 13.2. The number of hydrogen-bond acceptors (Lipinski definition) is 3. The molecule has 32 heavy (non-hydrogen) atoms. The minimum Gasteiger partial charge on any atom is -0.490 e. The molecule has 162 valence electrons. The molecule has 0 heterocycles. The first kappa shape index (κ1) is 22.3. The third kappa shape index (κ3) is 5.13. The van der Waals surface area contributed by atoms with E-state index in [0.29, 0.717) is 13.2 Å². The molecule has 0 aliphatic heterocycles. The number of fused-ring (bicyclic) bond motifs is 1. The fourth-order valence-electron chi connectivity index (χ4n) is 3.73. The predicted molar refractivity (Wildman–Crippen MR) is 142 cm³/mol. The van der Waals surface area contributed by atoms with E-state index in [4.69, 9.17) is 14.5 Å². The number of aryl methyl sites for hydroxylation is 2. The van der Waals surface area contributed by atoms with Crippen molar-refractivity contribution in [2.75, 3.05) is 6.61 Å². The van der Waals surface area contributed by atoms with Crippen molar-refractivity contribution in [3.63, 3.8) is 0 Å². The molecule has 4 heteroatoms. The van der Waals surface area contributed by atoms with Gasteiger partial charge in [-0.05, 0) is 89.0 Å². The first-order chi connectivity index (χ1) is 15.5. The van der Waals surface area contributed by atoms with Crippen LogP contribution < -0.4 is 9.47 Å². The molecular formula is C28H26INO2. The maximum absolute atomic E-state index is 6.29. The molecule has 0 unspecified atom stereocenters. The lowest BCUT2D eigenvalue weighted by molar-refractivity contribution is 0.268. The molecule has 0 atom stereocenters. The Morgan fingerprint density at radius 1 is 0.906 bits per heavy atom. The van der Waals surface area contributed by atoms with Crippen molar-refractivity contribution in [3.8, 4) is 11.5 Å². The summed E-state index contributed by atoms with van der Waals surface area (Å²) in [5.41, 5.74) is 5.51. The molecule has 0 radical (unpaired) electrons. The van der Waals surface area contributed by atoms with Gasteiger partial charge < -0.3 is 9.47 Å².